The largest absolute Gasteiger partial charge is 0.480 e. The summed E-state index contributed by atoms with van der Waals surface area (Å²) in [6.45, 7) is 7.75. The van der Waals surface area contributed by atoms with Crippen LogP contribution in [0.3, 0.4) is 0 Å². The van der Waals surface area contributed by atoms with E-state index in [1.54, 1.807) is 6.92 Å². The summed E-state index contributed by atoms with van der Waals surface area (Å²) in [5, 5.41) is 2.91. The third-order valence-corrected chi connectivity index (χ3v) is 4.02. The van der Waals surface area contributed by atoms with Crippen molar-refractivity contribution >= 4 is 27.5 Å². The van der Waals surface area contributed by atoms with Crippen molar-refractivity contribution in [3.05, 3.63) is 57.6 Å². The molecule has 1 unspecified atom stereocenters. The molecular formula is C18H20BrNO2. The second-order valence-corrected chi connectivity index (χ2v) is 6.36. The lowest BCUT2D eigenvalue weighted by Gasteiger charge is -2.17. The van der Waals surface area contributed by atoms with Crippen molar-refractivity contribution in [3.63, 3.8) is 0 Å². The Kier molecular flexibility index (Phi) is 5.24. The molecule has 4 heteroatoms. The maximum Gasteiger partial charge on any atom is 0.265 e. The number of amides is 1. The number of rotatable bonds is 4. The fourth-order valence-corrected chi connectivity index (χ4v) is 2.72. The van der Waals surface area contributed by atoms with Crippen LogP contribution < -0.4 is 10.1 Å². The molecule has 1 amide bonds. The molecule has 2 aromatic carbocycles. The van der Waals surface area contributed by atoms with Crippen LogP contribution in [0.25, 0.3) is 0 Å². The molecule has 0 spiro atoms. The molecule has 0 aliphatic carbocycles. The van der Waals surface area contributed by atoms with E-state index in [1.165, 1.54) is 5.56 Å². The van der Waals surface area contributed by atoms with Gasteiger partial charge in [-0.05, 0) is 73.0 Å². The zero-order valence-corrected chi connectivity index (χ0v) is 14.8. The fraction of sp³-hybridized carbons (Fsp3) is 0.278. The average molecular weight is 362 g/mol. The summed E-state index contributed by atoms with van der Waals surface area (Å²) in [6, 6.07) is 11.7. The minimum Gasteiger partial charge on any atom is -0.480 e. The van der Waals surface area contributed by atoms with Gasteiger partial charge in [0.05, 0.1) is 4.47 Å². The number of halogens is 1. The zero-order valence-electron chi connectivity index (χ0n) is 13.2. The number of ether oxygens (including phenoxy) is 1. The van der Waals surface area contributed by atoms with Crippen molar-refractivity contribution in [3.8, 4) is 5.75 Å². The third kappa shape index (κ3) is 4.10. The Bertz CT molecular complexity index is 697. The normalized spacial score (nSPS) is 11.9. The van der Waals surface area contributed by atoms with Crippen molar-refractivity contribution in [2.75, 3.05) is 5.32 Å². The lowest BCUT2D eigenvalue weighted by Crippen LogP contribution is -2.30. The SMILES string of the molecule is Cc1ccc(NC(=O)C(C)Oc2ccc(C)cc2Br)c(C)c1. The molecule has 1 atom stereocenters. The van der Waals surface area contributed by atoms with Gasteiger partial charge < -0.3 is 10.1 Å². The molecular weight excluding hydrogens is 342 g/mol. The Morgan fingerprint density at radius 1 is 1.09 bits per heavy atom. The summed E-state index contributed by atoms with van der Waals surface area (Å²) in [6.07, 6.45) is -0.584. The van der Waals surface area contributed by atoms with Crippen molar-refractivity contribution in [2.24, 2.45) is 0 Å². The summed E-state index contributed by atoms with van der Waals surface area (Å²) in [7, 11) is 0. The molecule has 0 fully saturated rings. The van der Waals surface area contributed by atoms with Gasteiger partial charge in [-0.3, -0.25) is 4.79 Å². The zero-order chi connectivity index (χ0) is 16.3. The Labute approximate surface area is 139 Å². The average Bonchev–Trinajstić information content (AvgIpc) is 2.44. The molecule has 0 radical (unpaired) electrons. The second-order valence-electron chi connectivity index (χ2n) is 5.50. The summed E-state index contributed by atoms with van der Waals surface area (Å²) in [5.41, 5.74) is 4.15. The fourth-order valence-electron chi connectivity index (χ4n) is 2.13. The van der Waals surface area contributed by atoms with Crippen LogP contribution in [0.5, 0.6) is 5.75 Å². The van der Waals surface area contributed by atoms with Gasteiger partial charge in [0.25, 0.3) is 5.91 Å². The van der Waals surface area contributed by atoms with Crippen molar-refractivity contribution in [2.45, 2.75) is 33.8 Å². The van der Waals surface area contributed by atoms with Crippen LogP contribution in [0.4, 0.5) is 5.69 Å². The molecule has 22 heavy (non-hydrogen) atoms. The maximum absolute atomic E-state index is 12.3. The molecule has 1 N–H and O–H groups in total. The lowest BCUT2D eigenvalue weighted by molar-refractivity contribution is -0.122. The summed E-state index contributed by atoms with van der Waals surface area (Å²) in [4.78, 5) is 12.3. The van der Waals surface area contributed by atoms with Crippen LogP contribution in [0.2, 0.25) is 0 Å². The minimum absolute atomic E-state index is 0.167. The molecule has 0 saturated carbocycles. The number of nitrogens with one attached hydrogen (secondary N) is 1. The first-order valence-corrected chi connectivity index (χ1v) is 7.97. The number of aryl methyl sites for hydroxylation is 3. The highest BCUT2D eigenvalue weighted by Crippen LogP contribution is 2.27. The first-order valence-electron chi connectivity index (χ1n) is 7.18. The highest BCUT2D eigenvalue weighted by Gasteiger charge is 2.17. The van der Waals surface area contributed by atoms with Crippen LogP contribution >= 0.6 is 15.9 Å². The molecule has 0 bridgehead atoms. The van der Waals surface area contributed by atoms with E-state index in [9.17, 15) is 4.79 Å². The number of hydrogen-bond donors (Lipinski definition) is 1. The number of anilines is 1. The van der Waals surface area contributed by atoms with Crippen LogP contribution in [0.15, 0.2) is 40.9 Å². The monoisotopic (exact) mass is 361 g/mol. The maximum atomic E-state index is 12.3. The van der Waals surface area contributed by atoms with E-state index in [-0.39, 0.29) is 5.91 Å². The van der Waals surface area contributed by atoms with Gasteiger partial charge in [0, 0.05) is 5.69 Å². The van der Waals surface area contributed by atoms with Crippen LogP contribution in [0.1, 0.15) is 23.6 Å². The van der Waals surface area contributed by atoms with E-state index >= 15 is 0 Å². The predicted octanol–water partition coefficient (Wildman–Crippen LogP) is 4.78. The summed E-state index contributed by atoms with van der Waals surface area (Å²) < 4.78 is 6.58. The standard InChI is InChI=1S/C18H20BrNO2/c1-11-5-7-16(13(3)9-11)20-18(21)14(4)22-17-8-6-12(2)10-15(17)19/h5-10,14H,1-4H3,(H,20,21). The van der Waals surface area contributed by atoms with Gasteiger partial charge in [0.15, 0.2) is 6.10 Å². The summed E-state index contributed by atoms with van der Waals surface area (Å²) in [5.74, 6) is 0.494. The molecule has 2 rings (SSSR count). The van der Waals surface area contributed by atoms with Crippen molar-refractivity contribution in [1.82, 2.24) is 0 Å². The third-order valence-electron chi connectivity index (χ3n) is 3.40. The van der Waals surface area contributed by atoms with Gasteiger partial charge >= 0.3 is 0 Å². The van der Waals surface area contributed by atoms with E-state index < -0.39 is 6.10 Å². The van der Waals surface area contributed by atoms with E-state index in [4.69, 9.17) is 4.74 Å². The first-order chi connectivity index (χ1) is 10.4. The van der Waals surface area contributed by atoms with E-state index in [0.29, 0.717) is 5.75 Å². The Hall–Kier alpha value is -1.81. The number of carbonyl (C=O) groups excluding carboxylic acids is 1. The topological polar surface area (TPSA) is 38.3 Å². The van der Waals surface area contributed by atoms with Gasteiger partial charge in [0.2, 0.25) is 0 Å². The Balaban J connectivity index is 2.05. The number of hydrogen-bond acceptors (Lipinski definition) is 2. The van der Waals surface area contributed by atoms with Crippen LogP contribution in [-0.2, 0) is 4.79 Å². The molecule has 0 saturated heterocycles. The van der Waals surface area contributed by atoms with E-state index in [1.807, 2.05) is 57.2 Å². The summed E-state index contributed by atoms with van der Waals surface area (Å²) >= 11 is 3.45. The van der Waals surface area contributed by atoms with Crippen molar-refractivity contribution < 1.29 is 9.53 Å². The lowest BCUT2D eigenvalue weighted by atomic mass is 10.1. The molecule has 0 aromatic heterocycles. The van der Waals surface area contributed by atoms with Crippen LogP contribution in [-0.4, -0.2) is 12.0 Å². The van der Waals surface area contributed by atoms with E-state index in [2.05, 4.69) is 21.2 Å². The molecule has 3 nitrogen and oxygen atoms in total. The van der Waals surface area contributed by atoms with Gasteiger partial charge in [-0.2, -0.15) is 0 Å². The molecule has 2 aromatic rings. The van der Waals surface area contributed by atoms with Gasteiger partial charge in [0.1, 0.15) is 5.75 Å². The predicted molar refractivity (Wildman–Crippen MR) is 93.5 cm³/mol. The highest BCUT2D eigenvalue weighted by molar-refractivity contribution is 9.10. The Morgan fingerprint density at radius 2 is 1.73 bits per heavy atom. The quantitative estimate of drug-likeness (QED) is 0.850. The van der Waals surface area contributed by atoms with E-state index in [0.717, 1.165) is 21.3 Å². The highest BCUT2D eigenvalue weighted by atomic mass is 79.9. The molecule has 116 valence electrons. The van der Waals surface area contributed by atoms with Crippen molar-refractivity contribution in [1.29, 1.82) is 0 Å². The van der Waals surface area contributed by atoms with Gasteiger partial charge in [-0.15, -0.1) is 0 Å². The minimum atomic E-state index is -0.584. The molecule has 0 aliphatic rings. The smallest absolute Gasteiger partial charge is 0.265 e. The number of benzene rings is 2. The first kappa shape index (κ1) is 16.6. The Morgan fingerprint density at radius 3 is 2.36 bits per heavy atom. The second kappa shape index (κ2) is 6.97. The molecule has 0 aliphatic heterocycles. The van der Waals surface area contributed by atoms with Gasteiger partial charge in [-0.25, -0.2) is 0 Å². The number of carbonyl (C=O) groups is 1. The van der Waals surface area contributed by atoms with Crippen LogP contribution in [0, 0.1) is 20.8 Å². The van der Waals surface area contributed by atoms with Gasteiger partial charge in [-0.1, -0.05) is 23.8 Å². The molecule has 0 heterocycles.